The van der Waals surface area contributed by atoms with Gasteiger partial charge in [-0.15, -0.1) is 0 Å². The summed E-state index contributed by atoms with van der Waals surface area (Å²) in [4.78, 5) is 17.8. The van der Waals surface area contributed by atoms with Crippen LogP contribution in [-0.2, 0) is 4.79 Å². The van der Waals surface area contributed by atoms with Crippen molar-refractivity contribution < 1.29 is 14.3 Å². The van der Waals surface area contributed by atoms with Crippen LogP contribution in [0.5, 0.6) is 11.5 Å². The van der Waals surface area contributed by atoms with Crippen LogP contribution >= 0.6 is 0 Å². The predicted molar refractivity (Wildman–Crippen MR) is 122 cm³/mol. The van der Waals surface area contributed by atoms with Gasteiger partial charge in [-0.2, -0.15) is 0 Å². The quantitative estimate of drug-likeness (QED) is 0.481. The molecule has 0 saturated carbocycles. The van der Waals surface area contributed by atoms with Crippen molar-refractivity contribution in [1.82, 2.24) is 14.7 Å². The summed E-state index contributed by atoms with van der Waals surface area (Å²) < 4.78 is 13.2. The number of rotatable bonds is 6. The molecule has 0 spiro atoms. The van der Waals surface area contributed by atoms with E-state index in [1.165, 1.54) is 0 Å². The van der Waals surface area contributed by atoms with E-state index in [2.05, 4.69) is 14.7 Å². The van der Waals surface area contributed by atoms with E-state index in [-0.39, 0.29) is 24.7 Å². The highest BCUT2D eigenvalue weighted by Gasteiger charge is 2.25. The van der Waals surface area contributed by atoms with Gasteiger partial charge in [0, 0.05) is 24.2 Å². The molecule has 0 fully saturated rings. The number of carbonyl (C=O) groups is 1. The monoisotopic (exact) mass is 427 g/mol. The van der Waals surface area contributed by atoms with Crippen molar-refractivity contribution in [2.45, 2.75) is 32.2 Å². The maximum absolute atomic E-state index is 13.2. The van der Waals surface area contributed by atoms with Crippen molar-refractivity contribution in [2.75, 3.05) is 6.79 Å². The third kappa shape index (κ3) is 3.80. The van der Waals surface area contributed by atoms with Crippen LogP contribution in [0.4, 0.5) is 0 Å². The van der Waals surface area contributed by atoms with Gasteiger partial charge in [0.05, 0.1) is 11.7 Å². The molecular weight excluding hydrogens is 402 g/mol. The molecule has 1 aliphatic rings. The zero-order valence-electron chi connectivity index (χ0n) is 18.1. The van der Waals surface area contributed by atoms with Crippen LogP contribution in [-0.4, -0.2) is 22.1 Å². The summed E-state index contributed by atoms with van der Waals surface area (Å²) in [6.07, 6.45) is 2.16. The number of hydrogen-bond donors (Lipinski definition) is 1. The highest BCUT2D eigenvalue weighted by Crippen LogP contribution is 2.38. The first kappa shape index (κ1) is 20.1. The smallest absolute Gasteiger partial charge is 0.231 e. The lowest BCUT2D eigenvalue weighted by atomic mass is 9.91. The fraction of sp³-hybridized carbons (Fsp3) is 0.231. The van der Waals surface area contributed by atoms with Gasteiger partial charge in [-0.3, -0.25) is 4.79 Å². The van der Waals surface area contributed by atoms with Crippen molar-refractivity contribution in [1.29, 1.82) is 0 Å². The van der Waals surface area contributed by atoms with Crippen LogP contribution in [0.1, 0.15) is 47.8 Å². The van der Waals surface area contributed by atoms with Crippen LogP contribution in [0.25, 0.3) is 5.65 Å². The largest absolute Gasteiger partial charge is 0.454 e. The molecule has 2 aromatic heterocycles. The zero-order valence-corrected chi connectivity index (χ0v) is 18.1. The molecule has 1 amide bonds. The summed E-state index contributed by atoms with van der Waals surface area (Å²) in [5, 5.41) is 3.15. The number of hydrogen-bond acceptors (Lipinski definition) is 4. The van der Waals surface area contributed by atoms with E-state index in [0.717, 1.165) is 33.9 Å². The SMILES string of the molecule is Cc1cccc2ncc(C(CC(=O)NC(C)c3ccccc3)c3ccc4c(c3)OCO4)n12. The Labute approximate surface area is 186 Å². The van der Waals surface area contributed by atoms with E-state index >= 15 is 0 Å². The van der Waals surface area contributed by atoms with E-state index in [1.54, 1.807) is 0 Å². The Kier molecular flexibility index (Phi) is 5.27. The van der Waals surface area contributed by atoms with E-state index in [0.29, 0.717) is 12.2 Å². The van der Waals surface area contributed by atoms with Gasteiger partial charge in [-0.1, -0.05) is 42.5 Å². The van der Waals surface area contributed by atoms with Gasteiger partial charge in [-0.05, 0) is 49.2 Å². The van der Waals surface area contributed by atoms with Crippen molar-refractivity contribution in [3.63, 3.8) is 0 Å². The van der Waals surface area contributed by atoms with Gasteiger partial charge in [0.25, 0.3) is 0 Å². The highest BCUT2D eigenvalue weighted by molar-refractivity contribution is 5.78. The van der Waals surface area contributed by atoms with Crippen LogP contribution in [0.2, 0.25) is 0 Å². The van der Waals surface area contributed by atoms with Crippen molar-refractivity contribution in [2.24, 2.45) is 0 Å². The van der Waals surface area contributed by atoms with Gasteiger partial charge in [0.1, 0.15) is 5.65 Å². The fourth-order valence-electron chi connectivity index (χ4n) is 4.31. The molecule has 5 rings (SSSR count). The third-order valence-corrected chi connectivity index (χ3v) is 5.97. The highest BCUT2D eigenvalue weighted by atomic mass is 16.7. The Balaban J connectivity index is 1.49. The standard InChI is InChI=1S/C26H25N3O3/c1-17-7-6-10-25-27-15-22(29(17)25)21(20-11-12-23-24(13-20)32-16-31-23)14-26(30)28-18(2)19-8-4-3-5-9-19/h3-13,15,18,21H,14,16H2,1-2H3,(H,28,30). The Morgan fingerprint density at radius 2 is 1.84 bits per heavy atom. The van der Waals surface area contributed by atoms with Gasteiger partial charge >= 0.3 is 0 Å². The molecule has 162 valence electrons. The Morgan fingerprint density at radius 3 is 2.69 bits per heavy atom. The van der Waals surface area contributed by atoms with Crippen molar-refractivity contribution in [3.05, 3.63) is 95.4 Å². The first-order valence-electron chi connectivity index (χ1n) is 10.8. The van der Waals surface area contributed by atoms with Crippen LogP contribution < -0.4 is 14.8 Å². The molecule has 2 atom stereocenters. The lowest BCUT2D eigenvalue weighted by Crippen LogP contribution is -2.28. The molecule has 3 heterocycles. The van der Waals surface area contributed by atoms with E-state index < -0.39 is 0 Å². The normalized spacial score (nSPS) is 14.3. The topological polar surface area (TPSA) is 64.9 Å². The molecule has 6 heteroatoms. The summed E-state index contributed by atoms with van der Waals surface area (Å²) in [5.74, 6) is 1.22. The Bertz CT molecular complexity index is 1270. The first-order chi connectivity index (χ1) is 15.6. The Morgan fingerprint density at radius 1 is 1.03 bits per heavy atom. The minimum absolute atomic E-state index is 0.0208. The number of nitrogens with zero attached hydrogens (tertiary/aromatic N) is 2. The number of benzene rings is 2. The average Bonchev–Trinajstić information content (AvgIpc) is 3.45. The summed E-state index contributed by atoms with van der Waals surface area (Å²) in [5.41, 5.74) is 4.97. The number of amides is 1. The molecular formula is C26H25N3O3. The number of fused-ring (bicyclic) bond motifs is 2. The summed E-state index contributed by atoms with van der Waals surface area (Å²) in [6.45, 7) is 4.26. The molecule has 0 radical (unpaired) electrons. The van der Waals surface area contributed by atoms with Crippen LogP contribution in [0.15, 0.2) is 72.9 Å². The number of aromatic nitrogens is 2. The molecule has 4 aromatic rings. The van der Waals surface area contributed by atoms with Crippen LogP contribution in [0, 0.1) is 6.92 Å². The van der Waals surface area contributed by atoms with Gasteiger partial charge < -0.3 is 19.2 Å². The number of aryl methyl sites for hydroxylation is 1. The summed E-state index contributed by atoms with van der Waals surface area (Å²) >= 11 is 0. The molecule has 0 saturated heterocycles. The van der Waals surface area contributed by atoms with E-state index in [9.17, 15) is 4.79 Å². The van der Waals surface area contributed by atoms with E-state index in [1.807, 2.05) is 86.8 Å². The van der Waals surface area contributed by atoms with Gasteiger partial charge in [0.15, 0.2) is 11.5 Å². The van der Waals surface area contributed by atoms with Crippen LogP contribution in [0.3, 0.4) is 0 Å². The lowest BCUT2D eigenvalue weighted by molar-refractivity contribution is -0.122. The van der Waals surface area contributed by atoms with Crippen molar-refractivity contribution >= 4 is 11.6 Å². The molecule has 1 N–H and O–H groups in total. The predicted octanol–water partition coefficient (Wildman–Crippen LogP) is 4.77. The Hall–Kier alpha value is -3.80. The molecule has 0 aliphatic carbocycles. The number of ether oxygens (including phenoxy) is 2. The second-order valence-electron chi connectivity index (χ2n) is 8.11. The zero-order chi connectivity index (χ0) is 22.1. The minimum Gasteiger partial charge on any atom is -0.454 e. The lowest BCUT2D eigenvalue weighted by Gasteiger charge is -2.20. The molecule has 2 aromatic carbocycles. The average molecular weight is 428 g/mol. The molecule has 32 heavy (non-hydrogen) atoms. The summed E-state index contributed by atoms with van der Waals surface area (Å²) in [6, 6.07) is 21.8. The molecule has 0 bridgehead atoms. The third-order valence-electron chi connectivity index (χ3n) is 5.97. The number of imidazole rings is 1. The number of pyridine rings is 1. The van der Waals surface area contributed by atoms with Gasteiger partial charge in [0.2, 0.25) is 12.7 Å². The molecule has 2 unspecified atom stereocenters. The second-order valence-corrected chi connectivity index (χ2v) is 8.11. The number of nitrogens with one attached hydrogen (secondary N) is 1. The maximum Gasteiger partial charge on any atom is 0.231 e. The fourth-order valence-corrected chi connectivity index (χ4v) is 4.31. The number of carbonyl (C=O) groups excluding carboxylic acids is 1. The first-order valence-corrected chi connectivity index (χ1v) is 10.8. The maximum atomic E-state index is 13.2. The second kappa shape index (κ2) is 8.38. The molecule has 6 nitrogen and oxygen atoms in total. The van der Waals surface area contributed by atoms with Gasteiger partial charge in [-0.25, -0.2) is 4.98 Å². The van der Waals surface area contributed by atoms with Crippen molar-refractivity contribution in [3.8, 4) is 11.5 Å². The summed E-state index contributed by atoms with van der Waals surface area (Å²) in [7, 11) is 0. The van der Waals surface area contributed by atoms with E-state index in [4.69, 9.17) is 9.47 Å². The minimum atomic E-state index is -0.191. The molecule has 1 aliphatic heterocycles.